The molecule has 0 spiro atoms. The highest BCUT2D eigenvalue weighted by molar-refractivity contribution is 5.92. The van der Waals surface area contributed by atoms with Crippen LogP contribution in [0.2, 0.25) is 0 Å². The Hall–Kier alpha value is -3.69. The Balaban J connectivity index is 0.000000383. The van der Waals surface area contributed by atoms with Crippen molar-refractivity contribution in [3.63, 3.8) is 0 Å². The summed E-state index contributed by atoms with van der Waals surface area (Å²) in [5.74, 6) is -5.59. The number of nitrogens with one attached hydrogen (secondary N) is 2. The number of carbonyl (C=O) groups is 3. The van der Waals surface area contributed by atoms with Crippen LogP contribution in [0, 0.1) is 0 Å². The fraction of sp³-hybridized carbons (Fsp3) is 0.450. The van der Waals surface area contributed by atoms with E-state index in [2.05, 4.69) is 20.6 Å². The Bertz CT molecular complexity index is 980. The zero-order valence-electron chi connectivity index (χ0n) is 18.7. The lowest BCUT2D eigenvalue weighted by atomic mass is 9.83. The number of carboxylic acid groups (broad SMARTS) is 2. The SMILES string of the molecule is Cn1cncc1C(=O)NC1(Cc2ccccn2)CCNCC1.O=C(O)C(F)(F)F.O=C(O)C(F)(F)F. The number of imidazole rings is 1. The summed E-state index contributed by atoms with van der Waals surface area (Å²) in [5, 5.41) is 20.8. The number of rotatable bonds is 4. The second kappa shape index (κ2) is 12.9. The van der Waals surface area contributed by atoms with Gasteiger partial charge in [-0.3, -0.25) is 9.78 Å². The van der Waals surface area contributed by atoms with Crippen LogP contribution in [0.4, 0.5) is 26.3 Å². The zero-order chi connectivity index (χ0) is 27.6. The van der Waals surface area contributed by atoms with Crippen LogP contribution >= 0.6 is 0 Å². The van der Waals surface area contributed by atoms with E-state index >= 15 is 0 Å². The van der Waals surface area contributed by atoms with Gasteiger partial charge >= 0.3 is 24.3 Å². The number of halogens is 6. The van der Waals surface area contributed by atoms with Crippen LogP contribution in [0.3, 0.4) is 0 Å². The van der Waals surface area contributed by atoms with E-state index in [4.69, 9.17) is 19.8 Å². The molecule has 10 nitrogen and oxygen atoms in total. The first-order valence-electron chi connectivity index (χ1n) is 10.1. The number of aliphatic carboxylic acids is 2. The van der Waals surface area contributed by atoms with E-state index in [1.54, 1.807) is 23.3 Å². The number of pyridine rings is 1. The summed E-state index contributed by atoms with van der Waals surface area (Å²) in [6.45, 7) is 1.80. The first-order valence-corrected chi connectivity index (χ1v) is 10.1. The molecule has 0 aliphatic carbocycles. The average molecular weight is 527 g/mol. The highest BCUT2D eigenvalue weighted by Crippen LogP contribution is 2.23. The molecule has 0 atom stereocenters. The molecule has 3 rings (SSSR count). The molecular formula is C20H23F6N5O5. The molecule has 16 heteroatoms. The molecule has 0 unspecified atom stereocenters. The molecule has 1 aliphatic heterocycles. The van der Waals surface area contributed by atoms with Gasteiger partial charge in [0, 0.05) is 30.9 Å². The van der Waals surface area contributed by atoms with E-state index in [-0.39, 0.29) is 11.4 Å². The number of nitrogens with zero attached hydrogens (tertiary/aromatic N) is 3. The molecule has 1 amide bonds. The summed E-state index contributed by atoms with van der Waals surface area (Å²) in [6.07, 6.45) is -2.58. The Morgan fingerprint density at radius 3 is 1.97 bits per heavy atom. The summed E-state index contributed by atoms with van der Waals surface area (Å²) in [4.78, 5) is 38.8. The Morgan fingerprint density at radius 1 is 1.06 bits per heavy atom. The van der Waals surface area contributed by atoms with Gasteiger partial charge in [0.15, 0.2) is 0 Å². The Morgan fingerprint density at radius 2 is 1.58 bits per heavy atom. The highest BCUT2D eigenvalue weighted by atomic mass is 19.4. The average Bonchev–Trinajstić information content (AvgIpc) is 3.20. The molecule has 2 aromatic heterocycles. The van der Waals surface area contributed by atoms with Gasteiger partial charge in [-0.1, -0.05) is 6.07 Å². The van der Waals surface area contributed by atoms with Gasteiger partial charge in [0.05, 0.1) is 12.5 Å². The van der Waals surface area contributed by atoms with Crippen molar-refractivity contribution in [2.75, 3.05) is 13.1 Å². The number of carboxylic acids is 2. The minimum absolute atomic E-state index is 0.0715. The van der Waals surface area contributed by atoms with Gasteiger partial charge < -0.3 is 25.4 Å². The third-order valence-corrected chi connectivity index (χ3v) is 4.72. The van der Waals surface area contributed by atoms with Crippen LogP contribution in [0.5, 0.6) is 0 Å². The molecule has 0 bridgehead atoms. The minimum atomic E-state index is -5.08. The van der Waals surface area contributed by atoms with Gasteiger partial charge in [0.1, 0.15) is 5.69 Å². The number of amides is 1. The fourth-order valence-electron chi connectivity index (χ4n) is 2.98. The van der Waals surface area contributed by atoms with E-state index in [1.165, 1.54) is 0 Å². The van der Waals surface area contributed by atoms with E-state index in [0.717, 1.165) is 38.0 Å². The fourth-order valence-corrected chi connectivity index (χ4v) is 2.98. The quantitative estimate of drug-likeness (QED) is 0.443. The minimum Gasteiger partial charge on any atom is -0.475 e. The normalized spacial score (nSPS) is 14.9. The molecule has 1 fully saturated rings. The number of aromatic nitrogens is 3. The van der Waals surface area contributed by atoms with Gasteiger partial charge in [-0.15, -0.1) is 0 Å². The summed E-state index contributed by atoms with van der Waals surface area (Å²) < 4.78 is 65.2. The molecule has 200 valence electrons. The number of aryl methyl sites for hydroxylation is 1. The topological polar surface area (TPSA) is 146 Å². The van der Waals surface area contributed by atoms with E-state index < -0.39 is 24.3 Å². The number of hydrogen-bond acceptors (Lipinski definition) is 6. The summed E-state index contributed by atoms with van der Waals surface area (Å²) in [5.41, 5.74) is 1.34. The largest absolute Gasteiger partial charge is 0.490 e. The lowest BCUT2D eigenvalue weighted by Gasteiger charge is -2.38. The summed E-state index contributed by atoms with van der Waals surface area (Å²) in [6, 6.07) is 5.91. The number of piperidine rings is 1. The van der Waals surface area contributed by atoms with Gasteiger partial charge in [-0.05, 0) is 38.1 Å². The van der Waals surface area contributed by atoms with Gasteiger partial charge in [0.2, 0.25) is 0 Å². The number of hydrogen-bond donors (Lipinski definition) is 4. The number of carbonyl (C=O) groups excluding carboxylic acids is 1. The maximum atomic E-state index is 12.6. The second-order valence-electron chi connectivity index (χ2n) is 7.48. The number of alkyl halides is 6. The van der Waals surface area contributed by atoms with Gasteiger partial charge in [-0.25, -0.2) is 14.6 Å². The molecule has 4 N–H and O–H groups in total. The first-order chi connectivity index (χ1) is 16.6. The maximum absolute atomic E-state index is 12.6. The monoisotopic (exact) mass is 527 g/mol. The van der Waals surface area contributed by atoms with Crippen molar-refractivity contribution in [2.24, 2.45) is 7.05 Å². The third kappa shape index (κ3) is 10.3. The van der Waals surface area contributed by atoms with Crippen LogP contribution in [0.15, 0.2) is 36.9 Å². The van der Waals surface area contributed by atoms with Crippen LogP contribution < -0.4 is 10.6 Å². The van der Waals surface area contributed by atoms with Crippen molar-refractivity contribution in [3.05, 3.63) is 48.3 Å². The van der Waals surface area contributed by atoms with Crippen LogP contribution in [-0.2, 0) is 23.1 Å². The van der Waals surface area contributed by atoms with Gasteiger partial charge in [0.25, 0.3) is 5.91 Å². The molecule has 0 aromatic carbocycles. The Labute approximate surface area is 200 Å². The third-order valence-electron chi connectivity index (χ3n) is 4.72. The molecule has 1 saturated heterocycles. The van der Waals surface area contributed by atoms with E-state index in [1.807, 2.05) is 25.2 Å². The molecule has 0 saturated carbocycles. The predicted molar refractivity (Wildman–Crippen MR) is 111 cm³/mol. The van der Waals surface area contributed by atoms with E-state index in [9.17, 15) is 31.1 Å². The maximum Gasteiger partial charge on any atom is 0.490 e. The first kappa shape index (κ1) is 30.3. The standard InChI is InChI=1S/C16H21N5O.2C2HF3O2/c1-21-12-18-11-14(21)15(22)20-16(5-8-17-9-6-16)10-13-4-2-3-7-19-13;2*3-2(4,5)1(6)7/h2-4,7,11-12,17H,5-6,8-10H2,1H3,(H,20,22);2*(H,6,7). The molecular weight excluding hydrogens is 504 g/mol. The van der Waals surface area contributed by atoms with Crippen LogP contribution in [-0.4, -0.2) is 73.6 Å². The lowest BCUT2D eigenvalue weighted by molar-refractivity contribution is -0.193. The van der Waals surface area contributed by atoms with Crippen molar-refractivity contribution in [2.45, 2.75) is 37.2 Å². The Kier molecular flexibility index (Phi) is 10.8. The molecule has 3 heterocycles. The zero-order valence-corrected chi connectivity index (χ0v) is 18.7. The van der Waals surface area contributed by atoms with Gasteiger partial charge in [-0.2, -0.15) is 26.3 Å². The predicted octanol–water partition coefficient (Wildman–Crippen LogP) is 2.18. The summed E-state index contributed by atoms with van der Waals surface area (Å²) >= 11 is 0. The van der Waals surface area contributed by atoms with Crippen molar-refractivity contribution in [1.82, 2.24) is 25.2 Å². The molecule has 1 aliphatic rings. The molecule has 36 heavy (non-hydrogen) atoms. The lowest BCUT2D eigenvalue weighted by Crippen LogP contribution is -2.56. The summed E-state index contributed by atoms with van der Waals surface area (Å²) in [7, 11) is 1.83. The smallest absolute Gasteiger partial charge is 0.475 e. The van der Waals surface area contributed by atoms with Crippen molar-refractivity contribution < 1.29 is 50.9 Å². The molecule has 2 aromatic rings. The van der Waals surface area contributed by atoms with Crippen molar-refractivity contribution >= 4 is 17.8 Å². The van der Waals surface area contributed by atoms with Crippen LogP contribution in [0.1, 0.15) is 29.0 Å². The van der Waals surface area contributed by atoms with Crippen molar-refractivity contribution in [1.29, 1.82) is 0 Å². The van der Waals surface area contributed by atoms with E-state index in [0.29, 0.717) is 5.69 Å². The molecule has 0 radical (unpaired) electrons. The second-order valence-corrected chi connectivity index (χ2v) is 7.48. The van der Waals surface area contributed by atoms with Crippen molar-refractivity contribution in [3.8, 4) is 0 Å². The highest BCUT2D eigenvalue weighted by Gasteiger charge is 2.39. The van der Waals surface area contributed by atoms with Crippen LogP contribution in [0.25, 0.3) is 0 Å².